The number of aliphatic hydroxyl groups excluding tert-OH is 1. The second-order valence-corrected chi connectivity index (χ2v) is 3.68. The van der Waals surface area contributed by atoms with E-state index in [1.165, 1.54) is 0 Å². The van der Waals surface area contributed by atoms with Gasteiger partial charge in [0.15, 0.2) is 0 Å². The third-order valence-corrected chi connectivity index (χ3v) is 2.61. The third-order valence-electron chi connectivity index (χ3n) is 2.61. The lowest BCUT2D eigenvalue weighted by Gasteiger charge is -2.34. The van der Waals surface area contributed by atoms with Gasteiger partial charge in [-0.1, -0.05) is 0 Å². The Hall–Kier alpha value is -0.650. The van der Waals surface area contributed by atoms with Crippen molar-refractivity contribution >= 4 is 5.91 Å². The Labute approximate surface area is 90.6 Å². The van der Waals surface area contributed by atoms with Crippen LogP contribution in [0.15, 0.2) is 0 Å². The van der Waals surface area contributed by atoms with Crippen LogP contribution in [0.1, 0.15) is 6.92 Å². The van der Waals surface area contributed by atoms with Gasteiger partial charge in [0.1, 0.15) is 0 Å². The molecule has 0 unspecified atom stereocenters. The summed E-state index contributed by atoms with van der Waals surface area (Å²) in [5, 5.41) is 8.52. The van der Waals surface area contributed by atoms with Gasteiger partial charge < -0.3 is 14.7 Å². The van der Waals surface area contributed by atoms with Gasteiger partial charge in [-0.05, 0) is 0 Å². The first-order valence-electron chi connectivity index (χ1n) is 5.40. The Morgan fingerprint density at radius 3 is 2.47 bits per heavy atom. The van der Waals surface area contributed by atoms with Crippen molar-refractivity contribution in [1.29, 1.82) is 0 Å². The molecule has 0 aromatic carbocycles. The SMILES string of the molecule is CC(=O)N1CCN(CCOCCO)CC1. The van der Waals surface area contributed by atoms with Crippen molar-refractivity contribution < 1.29 is 14.6 Å². The lowest BCUT2D eigenvalue weighted by Crippen LogP contribution is -2.48. The third kappa shape index (κ3) is 4.59. The fraction of sp³-hybridized carbons (Fsp3) is 0.900. The number of hydrogen-bond donors (Lipinski definition) is 1. The highest BCUT2D eigenvalue weighted by atomic mass is 16.5. The van der Waals surface area contributed by atoms with Crippen molar-refractivity contribution in [3.05, 3.63) is 0 Å². The minimum Gasteiger partial charge on any atom is -0.394 e. The highest BCUT2D eigenvalue weighted by Gasteiger charge is 2.17. The summed E-state index contributed by atoms with van der Waals surface area (Å²) in [7, 11) is 0. The lowest BCUT2D eigenvalue weighted by molar-refractivity contribution is -0.130. The Balaban J connectivity index is 2.07. The average molecular weight is 216 g/mol. The van der Waals surface area contributed by atoms with Gasteiger partial charge in [0.05, 0.1) is 19.8 Å². The van der Waals surface area contributed by atoms with Crippen molar-refractivity contribution in [1.82, 2.24) is 9.80 Å². The van der Waals surface area contributed by atoms with Crippen LogP contribution in [0.5, 0.6) is 0 Å². The summed E-state index contributed by atoms with van der Waals surface area (Å²) in [5.74, 6) is 0.159. The van der Waals surface area contributed by atoms with E-state index in [-0.39, 0.29) is 12.5 Å². The van der Waals surface area contributed by atoms with Crippen LogP contribution in [0.4, 0.5) is 0 Å². The van der Waals surface area contributed by atoms with Crippen LogP contribution in [0.25, 0.3) is 0 Å². The smallest absolute Gasteiger partial charge is 0.219 e. The maximum Gasteiger partial charge on any atom is 0.219 e. The molecule has 0 atom stereocenters. The second kappa shape index (κ2) is 6.76. The first-order chi connectivity index (χ1) is 7.24. The highest BCUT2D eigenvalue weighted by molar-refractivity contribution is 5.73. The summed E-state index contributed by atoms with van der Waals surface area (Å²) in [5.41, 5.74) is 0. The number of carbonyl (C=O) groups is 1. The molecular formula is C10H20N2O3. The molecule has 1 N–H and O–H groups in total. The number of carbonyl (C=O) groups excluding carboxylic acids is 1. The molecule has 1 heterocycles. The molecule has 0 aromatic rings. The Kier molecular flexibility index (Phi) is 5.60. The van der Waals surface area contributed by atoms with Crippen LogP contribution in [0, 0.1) is 0 Å². The van der Waals surface area contributed by atoms with E-state index in [2.05, 4.69) is 4.90 Å². The Morgan fingerprint density at radius 2 is 1.93 bits per heavy atom. The topological polar surface area (TPSA) is 53.0 Å². The van der Waals surface area contributed by atoms with E-state index < -0.39 is 0 Å². The molecule has 1 saturated heterocycles. The lowest BCUT2D eigenvalue weighted by atomic mass is 10.3. The summed E-state index contributed by atoms with van der Waals surface area (Å²) in [6.07, 6.45) is 0. The van der Waals surface area contributed by atoms with E-state index in [0.717, 1.165) is 32.7 Å². The minimum absolute atomic E-state index is 0.0815. The summed E-state index contributed by atoms with van der Waals surface area (Å²) in [6, 6.07) is 0. The van der Waals surface area contributed by atoms with Crippen LogP contribution in [0.3, 0.4) is 0 Å². The molecule has 0 bridgehead atoms. The van der Waals surface area contributed by atoms with E-state index >= 15 is 0 Å². The number of amides is 1. The molecule has 1 fully saturated rings. The van der Waals surface area contributed by atoms with E-state index in [9.17, 15) is 4.79 Å². The van der Waals surface area contributed by atoms with Gasteiger partial charge in [-0.15, -0.1) is 0 Å². The molecule has 15 heavy (non-hydrogen) atoms. The number of rotatable bonds is 5. The number of ether oxygens (including phenoxy) is 1. The van der Waals surface area contributed by atoms with E-state index in [1.807, 2.05) is 4.90 Å². The monoisotopic (exact) mass is 216 g/mol. The van der Waals surface area contributed by atoms with Crippen LogP contribution in [-0.4, -0.2) is 73.4 Å². The summed E-state index contributed by atoms with van der Waals surface area (Å²) in [6.45, 7) is 7.10. The molecule has 88 valence electrons. The Bertz CT molecular complexity index is 191. The number of nitrogens with zero attached hydrogens (tertiary/aromatic N) is 2. The summed E-state index contributed by atoms with van der Waals surface area (Å²) < 4.78 is 5.19. The maximum absolute atomic E-state index is 11.1. The molecule has 0 radical (unpaired) electrons. The molecule has 0 saturated carbocycles. The van der Waals surface area contributed by atoms with Crippen LogP contribution in [0.2, 0.25) is 0 Å². The molecular weight excluding hydrogens is 196 g/mol. The number of piperazine rings is 1. The molecule has 5 heteroatoms. The molecule has 0 spiro atoms. The first-order valence-corrected chi connectivity index (χ1v) is 5.40. The van der Waals surface area contributed by atoms with Crippen molar-refractivity contribution in [3.8, 4) is 0 Å². The molecule has 0 aliphatic carbocycles. The second-order valence-electron chi connectivity index (χ2n) is 3.68. The van der Waals surface area contributed by atoms with E-state index in [4.69, 9.17) is 9.84 Å². The molecule has 1 rings (SSSR count). The fourth-order valence-electron chi connectivity index (χ4n) is 1.65. The molecule has 5 nitrogen and oxygen atoms in total. The standard InChI is InChI=1S/C10H20N2O3/c1-10(14)12-4-2-11(3-5-12)6-8-15-9-7-13/h13H,2-9H2,1H3. The maximum atomic E-state index is 11.1. The minimum atomic E-state index is 0.0815. The fourth-order valence-corrected chi connectivity index (χ4v) is 1.65. The van der Waals surface area contributed by atoms with Gasteiger partial charge in [0.25, 0.3) is 0 Å². The molecule has 1 aliphatic rings. The zero-order valence-corrected chi connectivity index (χ0v) is 9.31. The first kappa shape index (κ1) is 12.4. The average Bonchev–Trinajstić information content (AvgIpc) is 2.25. The normalized spacial score (nSPS) is 18.1. The van der Waals surface area contributed by atoms with Crippen molar-refractivity contribution in [2.45, 2.75) is 6.92 Å². The predicted octanol–water partition coefficient (Wildman–Crippen LogP) is -0.841. The van der Waals surface area contributed by atoms with Gasteiger partial charge in [-0.3, -0.25) is 9.69 Å². The predicted molar refractivity (Wildman–Crippen MR) is 56.6 cm³/mol. The zero-order chi connectivity index (χ0) is 11.1. The highest BCUT2D eigenvalue weighted by Crippen LogP contribution is 2.01. The summed E-state index contributed by atoms with van der Waals surface area (Å²) >= 11 is 0. The van der Waals surface area contributed by atoms with Gasteiger partial charge in [-0.25, -0.2) is 0 Å². The van der Waals surface area contributed by atoms with Gasteiger partial charge >= 0.3 is 0 Å². The van der Waals surface area contributed by atoms with Crippen molar-refractivity contribution in [3.63, 3.8) is 0 Å². The molecule has 1 aliphatic heterocycles. The largest absolute Gasteiger partial charge is 0.394 e. The van der Waals surface area contributed by atoms with Crippen LogP contribution in [-0.2, 0) is 9.53 Å². The number of hydrogen-bond acceptors (Lipinski definition) is 4. The van der Waals surface area contributed by atoms with Gasteiger partial charge in [0, 0.05) is 39.6 Å². The van der Waals surface area contributed by atoms with Crippen molar-refractivity contribution in [2.75, 3.05) is 52.5 Å². The zero-order valence-electron chi connectivity index (χ0n) is 9.31. The quantitative estimate of drug-likeness (QED) is 0.609. The molecule has 1 amide bonds. The van der Waals surface area contributed by atoms with Crippen LogP contribution < -0.4 is 0 Å². The van der Waals surface area contributed by atoms with Crippen molar-refractivity contribution in [2.24, 2.45) is 0 Å². The van der Waals surface area contributed by atoms with Crippen LogP contribution >= 0.6 is 0 Å². The number of aliphatic hydroxyl groups is 1. The summed E-state index contributed by atoms with van der Waals surface area (Å²) in [4.78, 5) is 15.2. The van der Waals surface area contributed by atoms with E-state index in [0.29, 0.717) is 13.2 Å². The van der Waals surface area contributed by atoms with Gasteiger partial charge in [0.2, 0.25) is 5.91 Å². The molecule has 0 aromatic heterocycles. The van der Waals surface area contributed by atoms with Gasteiger partial charge in [-0.2, -0.15) is 0 Å². The van der Waals surface area contributed by atoms with E-state index in [1.54, 1.807) is 6.92 Å². The Morgan fingerprint density at radius 1 is 1.27 bits per heavy atom.